The third-order valence-electron chi connectivity index (χ3n) is 2.98. The summed E-state index contributed by atoms with van der Waals surface area (Å²) >= 11 is 1.52. The Morgan fingerprint density at radius 3 is 1.92 bits per heavy atom. The summed E-state index contributed by atoms with van der Waals surface area (Å²) < 4.78 is 21.3. The van der Waals surface area contributed by atoms with Crippen molar-refractivity contribution < 1.29 is 33.3 Å². The van der Waals surface area contributed by atoms with Gasteiger partial charge in [-0.05, 0) is 23.5 Å². The van der Waals surface area contributed by atoms with Crippen molar-refractivity contribution >= 4 is 41.4 Å². The van der Waals surface area contributed by atoms with Crippen LogP contribution in [0.3, 0.4) is 0 Å². The van der Waals surface area contributed by atoms with Crippen LogP contribution in [0.1, 0.15) is 20.8 Å². The van der Waals surface area contributed by atoms with Crippen LogP contribution >= 0.6 is 23.5 Å². The number of ether oxygens (including phenoxy) is 4. The Hall–Kier alpha value is -1.95. The van der Waals surface area contributed by atoms with Gasteiger partial charge in [0.05, 0.1) is 0 Å². The number of thiocyanates is 2. The lowest BCUT2D eigenvalue weighted by Gasteiger charge is -2.43. The van der Waals surface area contributed by atoms with Crippen LogP contribution in [0.25, 0.3) is 0 Å². The minimum Gasteiger partial charge on any atom is -0.456 e. The Morgan fingerprint density at radius 1 is 0.920 bits per heavy atom. The molecule has 136 valence electrons. The number of carbonyl (C=O) groups is 3. The molecule has 0 saturated carbocycles. The molecule has 0 aromatic heterocycles. The number of nitrogens with zero attached hydrogens (tertiary/aromatic N) is 2. The molecule has 0 amide bonds. The molecule has 1 aliphatic rings. The second-order valence-corrected chi connectivity index (χ2v) is 6.56. The number of carbonyl (C=O) groups excluding carboxylic acids is 3. The van der Waals surface area contributed by atoms with Gasteiger partial charge in [-0.15, -0.1) is 0 Å². The lowest BCUT2D eigenvalue weighted by molar-refractivity contribution is -0.228. The van der Waals surface area contributed by atoms with E-state index < -0.39 is 47.8 Å². The van der Waals surface area contributed by atoms with Gasteiger partial charge in [-0.3, -0.25) is 14.4 Å². The molecule has 0 aromatic rings. The van der Waals surface area contributed by atoms with Crippen molar-refractivity contribution in [2.75, 3.05) is 5.75 Å². The molecule has 0 bridgehead atoms. The molecule has 0 spiro atoms. The molecule has 1 rings (SSSR count). The highest BCUT2D eigenvalue weighted by molar-refractivity contribution is 8.04. The summed E-state index contributed by atoms with van der Waals surface area (Å²) in [7, 11) is 0. The van der Waals surface area contributed by atoms with Gasteiger partial charge in [-0.2, -0.15) is 10.5 Å². The average Bonchev–Trinajstić information content (AvgIpc) is 2.50. The van der Waals surface area contributed by atoms with E-state index in [4.69, 9.17) is 29.5 Å². The van der Waals surface area contributed by atoms with Crippen molar-refractivity contribution in [2.24, 2.45) is 0 Å². The fraction of sp³-hybridized carbons (Fsp3) is 0.643. The van der Waals surface area contributed by atoms with Gasteiger partial charge in [0.1, 0.15) is 16.9 Å². The highest BCUT2D eigenvalue weighted by Crippen LogP contribution is 2.34. The van der Waals surface area contributed by atoms with Crippen LogP contribution in [0.4, 0.5) is 0 Å². The summed E-state index contributed by atoms with van der Waals surface area (Å²) in [4.78, 5) is 34.3. The van der Waals surface area contributed by atoms with Gasteiger partial charge < -0.3 is 18.9 Å². The van der Waals surface area contributed by atoms with Gasteiger partial charge in [0.25, 0.3) is 0 Å². The predicted octanol–water partition coefficient (Wildman–Crippen LogP) is 0.935. The molecule has 1 aliphatic heterocycles. The van der Waals surface area contributed by atoms with Crippen LogP contribution in [0.5, 0.6) is 0 Å². The molecule has 0 unspecified atom stereocenters. The van der Waals surface area contributed by atoms with Crippen LogP contribution < -0.4 is 0 Å². The summed E-state index contributed by atoms with van der Waals surface area (Å²) in [6.07, 6.45) is -4.26. The largest absolute Gasteiger partial charge is 0.456 e. The van der Waals surface area contributed by atoms with Crippen LogP contribution in [0, 0.1) is 21.3 Å². The van der Waals surface area contributed by atoms with Crippen molar-refractivity contribution in [1.29, 1.82) is 10.5 Å². The predicted molar refractivity (Wildman–Crippen MR) is 86.6 cm³/mol. The zero-order chi connectivity index (χ0) is 19.0. The van der Waals surface area contributed by atoms with Crippen molar-refractivity contribution in [3.8, 4) is 10.8 Å². The lowest BCUT2D eigenvalue weighted by Crippen LogP contribution is -2.61. The van der Waals surface area contributed by atoms with Gasteiger partial charge in [0.2, 0.25) is 0 Å². The Kier molecular flexibility index (Phi) is 8.55. The van der Waals surface area contributed by atoms with Crippen LogP contribution in [0.15, 0.2) is 0 Å². The quantitative estimate of drug-likeness (QED) is 0.365. The standard InChI is InChI=1S/C14H16N2O7S2/c1-7(17)20-11-10(4-24-5-15)23-14(25-6-16)13(22-9(3)19)12(11)21-8(2)18/h10-14H,4H2,1-3H3/t10-,11-,12+,13-,14+/m1/s1. The molecular weight excluding hydrogens is 372 g/mol. The molecule has 1 fully saturated rings. The molecular formula is C14H16N2O7S2. The van der Waals surface area contributed by atoms with E-state index >= 15 is 0 Å². The number of nitriles is 2. The van der Waals surface area contributed by atoms with E-state index in [0.717, 1.165) is 32.5 Å². The summed E-state index contributed by atoms with van der Waals surface area (Å²) in [6.45, 7) is 3.46. The van der Waals surface area contributed by atoms with E-state index in [1.165, 1.54) is 0 Å². The van der Waals surface area contributed by atoms with Gasteiger partial charge >= 0.3 is 17.9 Å². The molecule has 0 aromatic carbocycles. The first-order valence-corrected chi connectivity index (χ1v) is 8.89. The molecule has 0 radical (unpaired) electrons. The summed E-state index contributed by atoms with van der Waals surface area (Å²) in [5.41, 5.74) is -0.977. The SMILES string of the molecule is CC(=O)O[C@@H]1[C@@H](OC(C)=O)[C@H](SC#N)O[C@H](CSC#N)[C@H]1OC(C)=O. The maximum absolute atomic E-state index is 11.5. The maximum Gasteiger partial charge on any atom is 0.303 e. The molecule has 11 heteroatoms. The minimum absolute atomic E-state index is 0.0987. The second kappa shape index (κ2) is 10.1. The topological polar surface area (TPSA) is 136 Å². The van der Waals surface area contributed by atoms with Crippen LogP contribution in [-0.4, -0.2) is 53.5 Å². The molecule has 0 N–H and O–H groups in total. The minimum atomic E-state index is -1.17. The first kappa shape index (κ1) is 21.1. The number of hydrogen-bond acceptors (Lipinski definition) is 11. The van der Waals surface area contributed by atoms with E-state index in [0.29, 0.717) is 11.8 Å². The Morgan fingerprint density at radius 2 is 1.44 bits per heavy atom. The fourth-order valence-corrected chi connectivity index (χ4v) is 3.41. The van der Waals surface area contributed by atoms with E-state index in [9.17, 15) is 14.4 Å². The van der Waals surface area contributed by atoms with Gasteiger partial charge in [0, 0.05) is 26.5 Å². The van der Waals surface area contributed by atoms with Crippen molar-refractivity contribution in [3.05, 3.63) is 0 Å². The number of rotatable bonds is 6. The van der Waals surface area contributed by atoms with E-state index in [1.54, 1.807) is 0 Å². The maximum atomic E-state index is 11.5. The molecule has 9 nitrogen and oxygen atoms in total. The van der Waals surface area contributed by atoms with E-state index in [2.05, 4.69) is 0 Å². The third-order valence-corrected chi connectivity index (χ3v) is 4.32. The molecule has 5 atom stereocenters. The zero-order valence-electron chi connectivity index (χ0n) is 13.7. The zero-order valence-corrected chi connectivity index (χ0v) is 15.3. The average molecular weight is 388 g/mol. The summed E-state index contributed by atoms with van der Waals surface area (Å²) in [5, 5.41) is 21.4. The number of hydrogen-bond donors (Lipinski definition) is 0. The van der Waals surface area contributed by atoms with Crippen molar-refractivity contribution in [3.63, 3.8) is 0 Å². The molecule has 1 saturated heterocycles. The first-order valence-electron chi connectivity index (χ1n) is 7.02. The second-order valence-electron chi connectivity index (χ2n) is 4.88. The van der Waals surface area contributed by atoms with Gasteiger partial charge in [-0.1, -0.05) is 0 Å². The first-order chi connectivity index (χ1) is 11.8. The Balaban J connectivity index is 3.24. The summed E-state index contributed by atoms with van der Waals surface area (Å²) in [6, 6.07) is 0. The lowest BCUT2D eigenvalue weighted by atomic mass is 10.00. The van der Waals surface area contributed by atoms with E-state index in [1.807, 2.05) is 10.8 Å². The van der Waals surface area contributed by atoms with E-state index in [-0.39, 0.29) is 5.75 Å². The molecule has 25 heavy (non-hydrogen) atoms. The molecule has 1 heterocycles. The smallest absolute Gasteiger partial charge is 0.303 e. The van der Waals surface area contributed by atoms with Crippen LogP contribution in [-0.2, 0) is 33.3 Å². The monoisotopic (exact) mass is 388 g/mol. The van der Waals surface area contributed by atoms with Gasteiger partial charge in [-0.25, -0.2) is 0 Å². The van der Waals surface area contributed by atoms with Gasteiger partial charge in [0.15, 0.2) is 23.7 Å². The van der Waals surface area contributed by atoms with Crippen LogP contribution in [0.2, 0.25) is 0 Å². The Labute approximate surface area is 152 Å². The fourth-order valence-electron chi connectivity index (χ4n) is 2.26. The summed E-state index contributed by atoms with van der Waals surface area (Å²) in [5.74, 6) is -1.93. The number of esters is 3. The highest BCUT2D eigenvalue weighted by atomic mass is 32.2. The number of thioether (sulfide) groups is 2. The Bertz CT molecular complexity index is 601. The van der Waals surface area contributed by atoms with Crippen molar-refractivity contribution in [1.82, 2.24) is 0 Å². The highest BCUT2D eigenvalue weighted by Gasteiger charge is 2.52. The third kappa shape index (κ3) is 6.46. The molecule has 0 aliphatic carbocycles. The van der Waals surface area contributed by atoms with Crippen molar-refractivity contribution in [2.45, 2.75) is 50.6 Å². The normalized spacial score (nSPS) is 28.1.